The van der Waals surface area contributed by atoms with E-state index in [2.05, 4.69) is 0 Å². The number of methoxy groups -OCH3 is 1. The zero-order valence-electron chi connectivity index (χ0n) is 17.7. The summed E-state index contributed by atoms with van der Waals surface area (Å²) in [5.74, 6) is 2.11. The second-order valence-corrected chi connectivity index (χ2v) is 7.49. The minimum absolute atomic E-state index is 0.0985. The van der Waals surface area contributed by atoms with Crippen LogP contribution in [0.25, 0.3) is 22.3 Å². The highest BCUT2D eigenvalue weighted by Crippen LogP contribution is 2.21. The second-order valence-electron chi connectivity index (χ2n) is 7.05. The molecule has 0 aliphatic rings. The average molecular weight is 451 g/mol. The van der Waals surface area contributed by atoms with E-state index < -0.39 is 0 Å². The number of aromatic nitrogens is 2. The van der Waals surface area contributed by atoms with Crippen LogP contribution in [0.4, 0.5) is 0 Å². The summed E-state index contributed by atoms with van der Waals surface area (Å²) in [6.45, 7) is 1.53. The maximum Gasteiger partial charge on any atom is 0.261 e. The second kappa shape index (κ2) is 10.3. The summed E-state index contributed by atoms with van der Waals surface area (Å²) in [5, 5.41) is 1.21. The maximum atomic E-state index is 13.2. The van der Waals surface area contributed by atoms with Gasteiger partial charge in [0, 0.05) is 10.6 Å². The lowest BCUT2D eigenvalue weighted by atomic mass is 10.2. The lowest BCUT2D eigenvalue weighted by Crippen LogP contribution is -2.26. The third kappa shape index (κ3) is 5.10. The minimum atomic E-state index is -0.0985. The number of hydrogen-bond acceptors (Lipinski definition) is 5. The third-order valence-corrected chi connectivity index (χ3v) is 5.23. The van der Waals surface area contributed by atoms with Crippen molar-refractivity contribution in [3.8, 4) is 22.9 Å². The highest BCUT2D eigenvalue weighted by atomic mass is 35.5. The Hall–Kier alpha value is -3.35. The molecule has 0 saturated carbocycles. The normalized spacial score (nSPS) is 10.9. The molecule has 0 fully saturated rings. The van der Waals surface area contributed by atoms with E-state index in [0.717, 1.165) is 17.1 Å². The van der Waals surface area contributed by atoms with Crippen molar-refractivity contribution < 1.29 is 14.2 Å². The molecule has 1 heterocycles. The molecule has 32 heavy (non-hydrogen) atoms. The molecule has 0 spiro atoms. The van der Waals surface area contributed by atoms with Gasteiger partial charge in [-0.1, -0.05) is 23.7 Å². The lowest BCUT2D eigenvalue weighted by Gasteiger charge is -2.14. The van der Waals surface area contributed by atoms with E-state index in [1.165, 1.54) is 0 Å². The van der Waals surface area contributed by atoms with Crippen LogP contribution >= 0.6 is 11.6 Å². The molecular weight excluding hydrogens is 428 g/mol. The molecule has 0 unspecified atom stereocenters. The van der Waals surface area contributed by atoms with Gasteiger partial charge in [-0.3, -0.25) is 9.36 Å². The molecular formula is C25H23ClN2O4. The fraction of sp³-hybridized carbons (Fsp3) is 0.200. The fourth-order valence-electron chi connectivity index (χ4n) is 3.34. The topological polar surface area (TPSA) is 62.6 Å². The number of hydrogen-bond donors (Lipinski definition) is 0. The summed E-state index contributed by atoms with van der Waals surface area (Å²) in [5.41, 5.74) is 1.38. The summed E-state index contributed by atoms with van der Waals surface area (Å²) in [4.78, 5) is 17.9. The van der Waals surface area contributed by atoms with Crippen molar-refractivity contribution in [2.45, 2.75) is 6.54 Å². The Bertz CT molecular complexity index is 1240. The van der Waals surface area contributed by atoms with Crippen molar-refractivity contribution in [3.63, 3.8) is 0 Å². The van der Waals surface area contributed by atoms with Gasteiger partial charge in [-0.05, 0) is 60.7 Å². The van der Waals surface area contributed by atoms with Crippen LogP contribution in [-0.4, -0.2) is 36.5 Å². The Morgan fingerprint density at radius 2 is 1.59 bits per heavy atom. The van der Waals surface area contributed by atoms with E-state index in [9.17, 15) is 4.79 Å². The zero-order chi connectivity index (χ0) is 22.3. The van der Waals surface area contributed by atoms with Crippen LogP contribution in [0.1, 0.15) is 0 Å². The molecule has 0 radical (unpaired) electrons. The average Bonchev–Trinajstić information content (AvgIpc) is 2.83. The van der Waals surface area contributed by atoms with Gasteiger partial charge in [0.15, 0.2) is 0 Å². The molecule has 0 bridgehead atoms. The Morgan fingerprint density at radius 3 is 2.34 bits per heavy atom. The number of halogens is 1. The molecule has 3 aromatic carbocycles. The van der Waals surface area contributed by atoms with Crippen LogP contribution in [0.15, 0.2) is 77.6 Å². The Balaban J connectivity index is 1.43. The van der Waals surface area contributed by atoms with Crippen molar-refractivity contribution in [2.75, 3.05) is 26.9 Å². The van der Waals surface area contributed by atoms with Crippen LogP contribution in [0.5, 0.6) is 11.5 Å². The third-order valence-electron chi connectivity index (χ3n) is 4.98. The Labute approximate surface area is 191 Å². The predicted octanol–water partition coefficient (Wildman–Crippen LogP) is 4.82. The van der Waals surface area contributed by atoms with Crippen LogP contribution in [-0.2, 0) is 11.3 Å². The van der Waals surface area contributed by atoms with Crippen LogP contribution in [0.3, 0.4) is 0 Å². The van der Waals surface area contributed by atoms with Gasteiger partial charge in [0.25, 0.3) is 5.56 Å². The summed E-state index contributed by atoms with van der Waals surface area (Å²) in [7, 11) is 1.62. The number of fused-ring (bicyclic) bond motifs is 1. The van der Waals surface area contributed by atoms with Gasteiger partial charge >= 0.3 is 0 Å². The molecule has 0 saturated heterocycles. The molecule has 164 valence electrons. The van der Waals surface area contributed by atoms with Crippen LogP contribution in [0, 0.1) is 0 Å². The van der Waals surface area contributed by atoms with Gasteiger partial charge in [-0.25, -0.2) is 4.98 Å². The number of benzene rings is 3. The van der Waals surface area contributed by atoms with Gasteiger partial charge in [0.1, 0.15) is 23.9 Å². The molecule has 7 heteroatoms. The maximum absolute atomic E-state index is 13.2. The molecule has 1 aromatic heterocycles. The number of nitrogens with zero attached hydrogens (tertiary/aromatic N) is 2. The van der Waals surface area contributed by atoms with Crippen molar-refractivity contribution in [2.24, 2.45) is 0 Å². The highest BCUT2D eigenvalue weighted by Gasteiger charge is 2.12. The van der Waals surface area contributed by atoms with Crippen molar-refractivity contribution in [1.29, 1.82) is 0 Å². The molecule has 0 amide bonds. The van der Waals surface area contributed by atoms with E-state index in [4.69, 9.17) is 30.8 Å². The standard InChI is InChI=1S/C25H23ClN2O4/c1-30-20-10-12-21(13-11-20)32-17-16-31-15-14-28-24(18-6-8-19(26)9-7-18)27-23-5-3-2-4-22(23)25(28)29/h2-13H,14-17H2,1H3. The number of rotatable bonds is 9. The number of para-hydroxylation sites is 1. The smallest absolute Gasteiger partial charge is 0.261 e. The monoisotopic (exact) mass is 450 g/mol. The lowest BCUT2D eigenvalue weighted by molar-refractivity contribution is 0.0940. The quantitative estimate of drug-likeness (QED) is 0.342. The summed E-state index contributed by atoms with van der Waals surface area (Å²) in [6, 6.07) is 22.0. The summed E-state index contributed by atoms with van der Waals surface area (Å²) >= 11 is 6.03. The summed E-state index contributed by atoms with van der Waals surface area (Å²) in [6.07, 6.45) is 0. The molecule has 4 rings (SSSR count). The summed E-state index contributed by atoms with van der Waals surface area (Å²) < 4.78 is 18.2. The highest BCUT2D eigenvalue weighted by molar-refractivity contribution is 6.30. The first-order chi connectivity index (χ1) is 15.7. The Morgan fingerprint density at radius 1 is 0.875 bits per heavy atom. The van der Waals surface area contributed by atoms with Gasteiger partial charge < -0.3 is 14.2 Å². The van der Waals surface area contributed by atoms with E-state index in [1.807, 2.05) is 54.6 Å². The molecule has 0 aliphatic carbocycles. The van der Waals surface area contributed by atoms with Gasteiger partial charge in [-0.2, -0.15) is 0 Å². The first-order valence-electron chi connectivity index (χ1n) is 10.3. The van der Waals surface area contributed by atoms with E-state index >= 15 is 0 Å². The first-order valence-corrected chi connectivity index (χ1v) is 10.6. The zero-order valence-corrected chi connectivity index (χ0v) is 18.4. The Kier molecular flexibility index (Phi) is 7.04. The first kappa shape index (κ1) is 21.9. The van der Waals surface area contributed by atoms with Gasteiger partial charge in [0.05, 0.1) is 37.8 Å². The number of ether oxygens (including phenoxy) is 3. The minimum Gasteiger partial charge on any atom is -0.497 e. The molecule has 0 aliphatic heterocycles. The van der Waals surface area contributed by atoms with E-state index in [-0.39, 0.29) is 5.56 Å². The van der Waals surface area contributed by atoms with Crippen LogP contribution in [0.2, 0.25) is 5.02 Å². The van der Waals surface area contributed by atoms with Crippen molar-refractivity contribution >= 4 is 22.5 Å². The molecule has 0 N–H and O–H groups in total. The van der Waals surface area contributed by atoms with E-state index in [1.54, 1.807) is 29.9 Å². The molecule has 4 aromatic rings. The van der Waals surface area contributed by atoms with E-state index in [0.29, 0.717) is 48.1 Å². The van der Waals surface area contributed by atoms with Gasteiger partial charge in [-0.15, -0.1) is 0 Å². The fourth-order valence-corrected chi connectivity index (χ4v) is 3.47. The van der Waals surface area contributed by atoms with Crippen molar-refractivity contribution in [3.05, 3.63) is 88.2 Å². The molecule has 0 atom stereocenters. The molecule has 6 nitrogen and oxygen atoms in total. The largest absolute Gasteiger partial charge is 0.497 e. The van der Waals surface area contributed by atoms with Gasteiger partial charge in [0.2, 0.25) is 0 Å². The predicted molar refractivity (Wildman–Crippen MR) is 126 cm³/mol. The van der Waals surface area contributed by atoms with Crippen molar-refractivity contribution in [1.82, 2.24) is 9.55 Å². The SMILES string of the molecule is COc1ccc(OCCOCCn2c(-c3ccc(Cl)cc3)nc3ccccc3c2=O)cc1. The van der Waals surface area contributed by atoms with Crippen LogP contribution < -0.4 is 15.0 Å².